The lowest BCUT2D eigenvalue weighted by molar-refractivity contribution is 0.102. The molecule has 1 N–H and O–H groups in total. The highest BCUT2D eigenvalue weighted by Gasteiger charge is 2.15. The number of halogens is 1. The summed E-state index contributed by atoms with van der Waals surface area (Å²) in [5.74, 6) is 0.666. The van der Waals surface area contributed by atoms with Crippen molar-refractivity contribution < 1.29 is 9.32 Å². The summed E-state index contributed by atoms with van der Waals surface area (Å²) < 4.78 is 6.77. The van der Waals surface area contributed by atoms with Crippen molar-refractivity contribution in [2.75, 3.05) is 5.32 Å². The number of anilines is 1. The molecule has 144 valence electrons. The first-order chi connectivity index (χ1) is 13.7. The number of amides is 1. The molecule has 28 heavy (non-hydrogen) atoms. The quantitative estimate of drug-likeness (QED) is 0.504. The third-order valence-corrected chi connectivity index (χ3v) is 4.20. The minimum absolute atomic E-state index is 0.150. The minimum Gasteiger partial charge on any atom is -0.338 e. The van der Waals surface area contributed by atoms with E-state index >= 15 is 0 Å². The number of fused-ring (bicyclic) bond motifs is 1. The Balaban J connectivity index is 0.00000109. The molecule has 1 amide bonds. The van der Waals surface area contributed by atoms with Crippen molar-refractivity contribution in [1.82, 2.24) is 19.5 Å². The van der Waals surface area contributed by atoms with Crippen LogP contribution in [-0.2, 0) is 5.88 Å². The molecule has 0 unspecified atom stereocenters. The van der Waals surface area contributed by atoms with Crippen molar-refractivity contribution in [2.24, 2.45) is 0 Å². The van der Waals surface area contributed by atoms with Crippen LogP contribution in [0.2, 0.25) is 0 Å². The Labute approximate surface area is 167 Å². The largest absolute Gasteiger partial charge is 0.338 e. The zero-order chi connectivity index (χ0) is 20.1. The third-order valence-electron chi connectivity index (χ3n) is 3.98. The molecule has 0 aliphatic heterocycles. The highest BCUT2D eigenvalue weighted by molar-refractivity contribution is 6.16. The van der Waals surface area contributed by atoms with Gasteiger partial charge in [-0.15, -0.1) is 11.6 Å². The predicted octanol–water partition coefficient (Wildman–Crippen LogP) is 4.71. The number of hydrogen-bond donors (Lipinski definition) is 1. The zero-order valence-electron chi connectivity index (χ0n) is 15.8. The summed E-state index contributed by atoms with van der Waals surface area (Å²) >= 11 is 5.70. The number of carbonyl (C=O) groups excluding carboxylic acids is 1. The molecule has 8 heteroatoms. The van der Waals surface area contributed by atoms with E-state index in [4.69, 9.17) is 16.1 Å². The number of nitrogens with one attached hydrogen (secondary N) is 1. The number of hydrogen-bond acceptors (Lipinski definition) is 5. The van der Waals surface area contributed by atoms with Crippen LogP contribution in [0.5, 0.6) is 0 Å². The van der Waals surface area contributed by atoms with Crippen molar-refractivity contribution in [2.45, 2.75) is 26.7 Å². The maximum Gasteiger partial charge on any atom is 0.274 e. The standard InChI is InChI=1S/C18H14ClN5O2.C2H6/c1-11-5-6-12(17-22-16(9-19)26-23-17)8-13(11)21-18(25)14-10-20-15-4-2-3-7-24(14)15;1-2/h2-8,10H,9H2,1H3,(H,21,25);1-2H3. The Hall–Kier alpha value is -3.19. The van der Waals surface area contributed by atoms with E-state index in [0.29, 0.717) is 28.7 Å². The van der Waals surface area contributed by atoms with Gasteiger partial charge in [-0.05, 0) is 30.7 Å². The average molecular weight is 398 g/mol. The van der Waals surface area contributed by atoms with Gasteiger partial charge in [-0.2, -0.15) is 4.98 Å². The van der Waals surface area contributed by atoms with Crippen LogP contribution in [-0.4, -0.2) is 25.4 Å². The van der Waals surface area contributed by atoms with Crippen LogP contribution >= 0.6 is 11.6 Å². The van der Waals surface area contributed by atoms with Crippen molar-refractivity contribution in [3.8, 4) is 11.4 Å². The van der Waals surface area contributed by atoms with Gasteiger partial charge in [-0.3, -0.25) is 9.20 Å². The van der Waals surface area contributed by atoms with E-state index in [2.05, 4.69) is 20.4 Å². The Morgan fingerprint density at radius 3 is 2.82 bits per heavy atom. The third kappa shape index (κ3) is 3.89. The zero-order valence-corrected chi connectivity index (χ0v) is 16.6. The van der Waals surface area contributed by atoms with Crippen molar-refractivity contribution >= 4 is 28.8 Å². The van der Waals surface area contributed by atoms with E-state index in [-0.39, 0.29) is 11.8 Å². The van der Waals surface area contributed by atoms with Crippen LogP contribution in [0, 0.1) is 6.92 Å². The van der Waals surface area contributed by atoms with Gasteiger partial charge in [0, 0.05) is 17.4 Å². The predicted molar refractivity (Wildman–Crippen MR) is 109 cm³/mol. The first-order valence-electron chi connectivity index (χ1n) is 8.89. The topological polar surface area (TPSA) is 85.3 Å². The number of aryl methyl sites for hydroxylation is 1. The number of aromatic nitrogens is 4. The highest BCUT2D eigenvalue weighted by atomic mass is 35.5. The Morgan fingerprint density at radius 2 is 2.07 bits per heavy atom. The summed E-state index contributed by atoms with van der Waals surface area (Å²) in [6.45, 7) is 5.91. The molecule has 0 aliphatic rings. The second-order valence-electron chi connectivity index (χ2n) is 5.70. The summed E-state index contributed by atoms with van der Waals surface area (Å²) in [6.07, 6.45) is 3.35. The number of pyridine rings is 1. The number of carbonyl (C=O) groups is 1. The number of alkyl halides is 1. The molecule has 3 aromatic heterocycles. The smallest absolute Gasteiger partial charge is 0.274 e. The Bertz CT molecular complexity index is 1100. The summed E-state index contributed by atoms with van der Waals surface area (Å²) in [7, 11) is 0. The first-order valence-corrected chi connectivity index (χ1v) is 9.42. The van der Waals surface area contributed by atoms with E-state index in [0.717, 1.165) is 11.1 Å². The van der Waals surface area contributed by atoms with E-state index < -0.39 is 0 Å². The monoisotopic (exact) mass is 397 g/mol. The summed E-state index contributed by atoms with van der Waals surface area (Å²) in [6, 6.07) is 11.1. The summed E-state index contributed by atoms with van der Waals surface area (Å²) in [5.41, 5.74) is 3.47. The van der Waals surface area contributed by atoms with E-state index in [1.165, 1.54) is 0 Å². The van der Waals surface area contributed by atoms with Gasteiger partial charge in [0.05, 0.1) is 6.20 Å². The van der Waals surface area contributed by atoms with E-state index in [1.54, 1.807) is 22.9 Å². The van der Waals surface area contributed by atoms with Crippen LogP contribution in [0.3, 0.4) is 0 Å². The molecule has 0 saturated carbocycles. The fraction of sp³-hybridized carbons (Fsp3) is 0.200. The molecule has 0 atom stereocenters. The van der Waals surface area contributed by atoms with Gasteiger partial charge in [-0.1, -0.05) is 37.2 Å². The van der Waals surface area contributed by atoms with Crippen molar-refractivity contribution in [3.05, 3.63) is 65.9 Å². The molecular weight excluding hydrogens is 378 g/mol. The van der Waals surface area contributed by atoms with Gasteiger partial charge in [0.2, 0.25) is 11.7 Å². The van der Waals surface area contributed by atoms with Gasteiger partial charge in [-0.25, -0.2) is 4.98 Å². The molecule has 1 aromatic carbocycles. The lowest BCUT2D eigenvalue weighted by Crippen LogP contribution is -2.15. The fourth-order valence-electron chi connectivity index (χ4n) is 2.61. The summed E-state index contributed by atoms with van der Waals surface area (Å²) in [5, 5.41) is 6.82. The molecule has 0 saturated heterocycles. The van der Waals surface area contributed by atoms with Crippen LogP contribution in [0.4, 0.5) is 5.69 Å². The van der Waals surface area contributed by atoms with Crippen molar-refractivity contribution in [3.63, 3.8) is 0 Å². The van der Waals surface area contributed by atoms with Gasteiger partial charge in [0.1, 0.15) is 17.2 Å². The SMILES string of the molecule is CC.Cc1ccc(-c2noc(CCl)n2)cc1NC(=O)c1cnc2ccccn12. The van der Waals surface area contributed by atoms with Crippen LogP contribution < -0.4 is 5.32 Å². The van der Waals surface area contributed by atoms with Crippen LogP contribution in [0.1, 0.15) is 35.8 Å². The van der Waals surface area contributed by atoms with Gasteiger partial charge in [0.15, 0.2) is 0 Å². The molecule has 0 bridgehead atoms. The van der Waals surface area contributed by atoms with Crippen molar-refractivity contribution in [1.29, 1.82) is 0 Å². The minimum atomic E-state index is -0.251. The lowest BCUT2D eigenvalue weighted by atomic mass is 10.1. The lowest BCUT2D eigenvalue weighted by Gasteiger charge is -2.09. The normalized spacial score (nSPS) is 10.4. The molecule has 3 heterocycles. The maximum atomic E-state index is 12.7. The molecule has 4 rings (SSSR count). The molecule has 7 nitrogen and oxygen atoms in total. The van der Waals surface area contributed by atoms with Gasteiger partial charge >= 0.3 is 0 Å². The Morgan fingerprint density at radius 1 is 1.25 bits per heavy atom. The van der Waals surface area contributed by atoms with Crippen LogP contribution in [0.15, 0.2) is 53.3 Å². The fourth-order valence-corrected chi connectivity index (χ4v) is 2.72. The number of nitrogens with zero attached hydrogens (tertiary/aromatic N) is 4. The Kier molecular flexibility index (Phi) is 6.06. The number of benzene rings is 1. The number of imidazole rings is 1. The maximum absolute atomic E-state index is 12.7. The molecule has 0 spiro atoms. The molecular formula is C20H20ClN5O2. The van der Waals surface area contributed by atoms with Gasteiger partial charge < -0.3 is 9.84 Å². The van der Waals surface area contributed by atoms with Gasteiger partial charge in [0.25, 0.3) is 5.91 Å². The molecule has 0 radical (unpaired) electrons. The second-order valence-corrected chi connectivity index (χ2v) is 5.97. The average Bonchev–Trinajstić information content (AvgIpc) is 3.38. The highest BCUT2D eigenvalue weighted by Crippen LogP contribution is 2.24. The van der Waals surface area contributed by atoms with E-state index in [1.807, 2.05) is 51.1 Å². The summed E-state index contributed by atoms with van der Waals surface area (Å²) in [4.78, 5) is 21.1. The second kappa shape index (κ2) is 8.67. The molecule has 0 fully saturated rings. The first kappa shape index (κ1) is 19.6. The number of rotatable bonds is 4. The molecule has 0 aliphatic carbocycles. The van der Waals surface area contributed by atoms with Crippen LogP contribution in [0.25, 0.3) is 17.0 Å². The molecule has 4 aromatic rings. The van der Waals surface area contributed by atoms with E-state index in [9.17, 15) is 4.79 Å².